The second-order valence-electron chi connectivity index (χ2n) is 4.04. The van der Waals surface area contributed by atoms with Crippen molar-refractivity contribution in [3.8, 4) is 0 Å². The van der Waals surface area contributed by atoms with E-state index in [1.54, 1.807) is 19.1 Å². The highest BCUT2D eigenvalue weighted by Crippen LogP contribution is 2.23. The quantitative estimate of drug-likeness (QED) is 0.823. The monoisotopic (exact) mass is 360 g/mol. The maximum absolute atomic E-state index is 12.2. The van der Waals surface area contributed by atoms with E-state index in [1.165, 1.54) is 17.4 Å². The van der Waals surface area contributed by atoms with Gasteiger partial charge in [-0.05, 0) is 58.1 Å². The lowest BCUT2D eigenvalue weighted by atomic mass is 10.2. The van der Waals surface area contributed by atoms with Gasteiger partial charge < -0.3 is 5.73 Å². The zero-order valence-electron chi connectivity index (χ0n) is 10.2. The average Bonchev–Trinajstić information content (AvgIpc) is 2.72. The van der Waals surface area contributed by atoms with Crippen LogP contribution >= 0.6 is 27.3 Å². The van der Waals surface area contributed by atoms with Crippen molar-refractivity contribution >= 4 is 43.0 Å². The molecular weight excluding hydrogens is 348 g/mol. The van der Waals surface area contributed by atoms with Crippen molar-refractivity contribution in [3.05, 3.63) is 44.6 Å². The van der Waals surface area contributed by atoms with Crippen LogP contribution < -0.4 is 10.5 Å². The molecule has 0 radical (unpaired) electrons. The number of sulfonamides is 1. The molecule has 0 spiro atoms. The minimum Gasteiger partial charge on any atom is -0.399 e. The first kappa shape index (κ1) is 14.5. The zero-order chi connectivity index (χ0) is 14.0. The normalized spacial score (nSPS) is 11.7. The molecule has 0 bridgehead atoms. The van der Waals surface area contributed by atoms with Gasteiger partial charge in [-0.1, -0.05) is 0 Å². The van der Waals surface area contributed by atoms with Crippen LogP contribution in [0.3, 0.4) is 0 Å². The molecule has 4 nitrogen and oxygen atoms in total. The van der Waals surface area contributed by atoms with Gasteiger partial charge >= 0.3 is 0 Å². The molecule has 0 amide bonds. The van der Waals surface area contributed by atoms with E-state index < -0.39 is 10.0 Å². The number of hydrogen-bond donors (Lipinski definition) is 2. The second kappa shape index (κ2) is 5.62. The van der Waals surface area contributed by atoms with E-state index in [-0.39, 0.29) is 11.4 Å². The standard InChI is InChI=1S/C12H13BrN2O2S2/c1-8-6-9(14)2-3-12(8)19(16,17)15-7-11-10(13)4-5-18-11/h2-6,15H,7,14H2,1H3. The van der Waals surface area contributed by atoms with Gasteiger partial charge in [0.15, 0.2) is 0 Å². The number of hydrogen-bond acceptors (Lipinski definition) is 4. The highest BCUT2D eigenvalue weighted by molar-refractivity contribution is 9.10. The molecule has 2 aromatic rings. The fourth-order valence-electron chi connectivity index (χ4n) is 1.66. The summed E-state index contributed by atoms with van der Waals surface area (Å²) in [4.78, 5) is 1.20. The molecular formula is C12H13BrN2O2S2. The van der Waals surface area contributed by atoms with Gasteiger partial charge in [-0.15, -0.1) is 11.3 Å². The molecule has 1 aromatic heterocycles. The highest BCUT2D eigenvalue weighted by Gasteiger charge is 2.17. The van der Waals surface area contributed by atoms with Crippen molar-refractivity contribution in [2.75, 3.05) is 5.73 Å². The van der Waals surface area contributed by atoms with E-state index in [2.05, 4.69) is 20.7 Å². The van der Waals surface area contributed by atoms with Gasteiger partial charge in [0, 0.05) is 21.6 Å². The third kappa shape index (κ3) is 3.36. The summed E-state index contributed by atoms with van der Waals surface area (Å²) in [5.41, 5.74) is 6.81. The highest BCUT2D eigenvalue weighted by atomic mass is 79.9. The smallest absolute Gasteiger partial charge is 0.241 e. The molecule has 0 saturated carbocycles. The Kier molecular flexibility index (Phi) is 4.29. The Bertz CT molecular complexity index is 696. The lowest BCUT2D eigenvalue weighted by Gasteiger charge is -2.09. The number of rotatable bonds is 4. The van der Waals surface area contributed by atoms with Gasteiger partial charge in [0.1, 0.15) is 0 Å². The zero-order valence-corrected chi connectivity index (χ0v) is 13.4. The van der Waals surface area contributed by atoms with Gasteiger partial charge in [-0.25, -0.2) is 13.1 Å². The van der Waals surface area contributed by atoms with Crippen LogP contribution in [0.1, 0.15) is 10.4 Å². The van der Waals surface area contributed by atoms with Crippen LogP contribution in [0.2, 0.25) is 0 Å². The van der Waals surface area contributed by atoms with Crippen LogP contribution in [0.5, 0.6) is 0 Å². The third-order valence-electron chi connectivity index (χ3n) is 2.60. The summed E-state index contributed by atoms with van der Waals surface area (Å²) >= 11 is 4.87. The molecule has 0 saturated heterocycles. The van der Waals surface area contributed by atoms with Crippen LogP contribution in [-0.2, 0) is 16.6 Å². The average molecular weight is 361 g/mol. The van der Waals surface area contributed by atoms with Crippen molar-refractivity contribution in [2.24, 2.45) is 0 Å². The van der Waals surface area contributed by atoms with Gasteiger partial charge in [0.2, 0.25) is 10.0 Å². The first-order valence-corrected chi connectivity index (χ1v) is 8.63. The molecule has 0 unspecified atom stereocenters. The lowest BCUT2D eigenvalue weighted by molar-refractivity contribution is 0.581. The number of nitrogen functional groups attached to an aromatic ring is 1. The van der Waals surface area contributed by atoms with Gasteiger partial charge in [0.05, 0.1) is 4.90 Å². The summed E-state index contributed by atoms with van der Waals surface area (Å²) in [6, 6.07) is 6.65. The van der Waals surface area contributed by atoms with Gasteiger partial charge in [-0.2, -0.15) is 0 Å². The Balaban J connectivity index is 2.21. The first-order chi connectivity index (χ1) is 8.90. The maximum atomic E-state index is 12.2. The molecule has 0 aliphatic heterocycles. The van der Waals surface area contributed by atoms with Crippen molar-refractivity contribution in [2.45, 2.75) is 18.4 Å². The molecule has 0 atom stereocenters. The lowest BCUT2D eigenvalue weighted by Crippen LogP contribution is -2.23. The summed E-state index contributed by atoms with van der Waals surface area (Å²) in [6.07, 6.45) is 0. The fraction of sp³-hybridized carbons (Fsp3) is 0.167. The number of thiophene rings is 1. The largest absolute Gasteiger partial charge is 0.399 e. The molecule has 3 N–H and O–H groups in total. The molecule has 2 rings (SSSR count). The number of aryl methyl sites for hydroxylation is 1. The summed E-state index contributed by atoms with van der Waals surface area (Å²) in [7, 11) is -3.52. The van der Waals surface area contributed by atoms with Crippen LogP contribution in [0, 0.1) is 6.92 Å². The van der Waals surface area contributed by atoms with E-state index in [0.717, 1.165) is 9.35 Å². The Morgan fingerprint density at radius 3 is 2.68 bits per heavy atom. The predicted molar refractivity (Wildman–Crippen MR) is 81.6 cm³/mol. The van der Waals surface area contributed by atoms with E-state index in [0.29, 0.717) is 11.3 Å². The number of anilines is 1. The molecule has 0 fully saturated rings. The summed E-state index contributed by atoms with van der Waals surface area (Å²) in [5, 5.41) is 1.90. The van der Waals surface area contributed by atoms with Crippen LogP contribution in [0.25, 0.3) is 0 Å². The number of benzene rings is 1. The number of nitrogens with two attached hydrogens (primary N) is 1. The first-order valence-electron chi connectivity index (χ1n) is 5.48. The summed E-state index contributed by atoms with van der Waals surface area (Å²) in [6.45, 7) is 2.00. The van der Waals surface area contributed by atoms with E-state index in [1.807, 2.05) is 11.4 Å². The molecule has 0 aliphatic carbocycles. The van der Waals surface area contributed by atoms with E-state index in [9.17, 15) is 8.42 Å². The van der Waals surface area contributed by atoms with Gasteiger partial charge in [-0.3, -0.25) is 0 Å². The fourth-order valence-corrected chi connectivity index (χ4v) is 4.41. The summed E-state index contributed by atoms with van der Waals surface area (Å²) < 4.78 is 27.9. The topological polar surface area (TPSA) is 72.2 Å². The number of nitrogens with one attached hydrogen (secondary N) is 1. The molecule has 102 valence electrons. The molecule has 0 aliphatic rings. The van der Waals surface area contributed by atoms with Crippen LogP contribution in [0.15, 0.2) is 39.0 Å². The number of halogens is 1. The van der Waals surface area contributed by atoms with E-state index in [4.69, 9.17) is 5.73 Å². The maximum Gasteiger partial charge on any atom is 0.241 e. The second-order valence-corrected chi connectivity index (χ2v) is 7.63. The Morgan fingerprint density at radius 1 is 1.37 bits per heavy atom. The van der Waals surface area contributed by atoms with Crippen LogP contribution in [-0.4, -0.2) is 8.42 Å². The Labute approximate surface area is 124 Å². The SMILES string of the molecule is Cc1cc(N)ccc1S(=O)(=O)NCc1sccc1Br. The van der Waals surface area contributed by atoms with E-state index >= 15 is 0 Å². The molecule has 1 aromatic carbocycles. The minimum absolute atomic E-state index is 0.259. The Hall–Kier alpha value is -0.890. The van der Waals surface area contributed by atoms with Crippen molar-refractivity contribution in [1.29, 1.82) is 0 Å². The Morgan fingerprint density at radius 2 is 2.11 bits per heavy atom. The van der Waals surface area contributed by atoms with Crippen molar-refractivity contribution < 1.29 is 8.42 Å². The van der Waals surface area contributed by atoms with Crippen molar-refractivity contribution in [3.63, 3.8) is 0 Å². The molecule has 19 heavy (non-hydrogen) atoms. The minimum atomic E-state index is -3.52. The summed E-state index contributed by atoms with van der Waals surface area (Å²) in [5.74, 6) is 0. The molecule has 7 heteroatoms. The predicted octanol–water partition coefficient (Wildman–Crippen LogP) is 2.88. The van der Waals surface area contributed by atoms with Crippen molar-refractivity contribution in [1.82, 2.24) is 4.72 Å². The van der Waals surface area contributed by atoms with Crippen LogP contribution in [0.4, 0.5) is 5.69 Å². The third-order valence-corrected chi connectivity index (χ3v) is 6.09. The molecule has 1 heterocycles. The van der Waals surface area contributed by atoms with Gasteiger partial charge in [0.25, 0.3) is 0 Å².